The van der Waals surface area contributed by atoms with Gasteiger partial charge in [0, 0.05) is 6.04 Å². The van der Waals surface area contributed by atoms with Crippen molar-refractivity contribution < 1.29 is 14.4 Å². The fraction of sp³-hybridized carbons (Fsp3) is 0.500. The van der Waals surface area contributed by atoms with E-state index < -0.39 is 5.97 Å². The van der Waals surface area contributed by atoms with Crippen molar-refractivity contribution in [1.82, 2.24) is 15.0 Å². The Bertz CT molecular complexity index is 611. The zero-order valence-corrected chi connectivity index (χ0v) is 12.5. The van der Waals surface area contributed by atoms with E-state index in [2.05, 4.69) is 15.0 Å². The van der Waals surface area contributed by atoms with Crippen LogP contribution in [0.15, 0.2) is 22.0 Å². The van der Waals surface area contributed by atoms with E-state index in [4.69, 9.17) is 9.63 Å². The summed E-state index contributed by atoms with van der Waals surface area (Å²) in [5.41, 5.74) is 0. The smallest absolute Gasteiger partial charge is 0.306 e. The molecule has 7 heteroatoms. The second-order valence-corrected chi connectivity index (χ2v) is 6.32. The summed E-state index contributed by atoms with van der Waals surface area (Å²) in [5, 5.41) is 15.1. The molecule has 2 unspecified atom stereocenters. The fourth-order valence-electron chi connectivity index (χ4n) is 2.68. The first kappa shape index (κ1) is 14.2. The molecule has 0 aliphatic carbocycles. The van der Waals surface area contributed by atoms with E-state index >= 15 is 0 Å². The second-order valence-electron chi connectivity index (χ2n) is 5.37. The topological polar surface area (TPSA) is 79.5 Å². The molecule has 1 aliphatic rings. The Kier molecular flexibility index (Phi) is 4.03. The van der Waals surface area contributed by atoms with Gasteiger partial charge in [-0.1, -0.05) is 11.2 Å². The van der Waals surface area contributed by atoms with Crippen molar-refractivity contribution in [2.75, 3.05) is 6.54 Å². The van der Waals surface area contributed by atoms with E-state index in [0.29, 0.717) is 31.1 Å². The van der Waals surface area contributed by atoms with Crippen LogP contribution in [0, 0.1) is 5.92 Å². The van der Waals surface area contributed by atoms with Crippen LogP contribution in [0.5, 0.6) is 0 Å². The average molecular weight is 307 g/mol. The lowest BCUT2D eigenvalue weighted by Crippen LogP contribution is -2.42. The van der Waals surface area contributed by atoms with Crippen LogP contribution in [0.1, 0.15) is 25.7 Å². The molecule has 112 valence electrons. The summed E-state index contributed by atoms with van der Waals surface area (Å²) < 4.78 is 5.30. The molecule has 3 rings (SSSR count). The van der Waals surface area contributed by atoms with Crippen molar-refractivity contribution in [2.45, 2.75) is 32.4 Å². The molecule has 2 aromatic heterocycles. The Morgan fingerprint density at radius 2 is 2.48 bits per heavy atom. The SMILES string of the molecule is CC1CC(C(=O)O)CCN1Cc1nc(-c2cccs2)no1. The highest BCUT2D eigenvalue weighted by molar-refractivity contribution is 7.13. The van der Waals surface area contributed by atoms with Gasteiger partial charge in [0.25, 0.3) is 0 Å². The van der Waals surface area contributed by atoms with Gasteiger partial charge in [0.2, 0.25) is 11.7 Å². The van der Waals surface area contributed by atoms with E-state index in [1.165, 1.54) is 0 Å². The molecule has 2 aromatic rings. The zero-order chi connectivity index (χ0) is 14.8. The van der Waals surface area contributed by atoms with Gasteiger partial charge >= 0.3 is 5.97 Å². The van der Waals surface area contributed by atoms with Gasteiger partial charge in [-0.25, -0.2) is 0 Å². The first-order valence-corrected chi connectivity index (χ1v) is 7.85. The number of likely N-dealkylation sites (tertiary alicyclic amines) is 1. The van der Waals surface area contributed by atoms with Crippen molar-refractivity contribution in [1.29, 1.82) is 0 Å². The summed E-state index contributed by atoms with van der Waals surface area (Å²) in [4.78, 5) is 18.6. The van der Waals surface area contributed by atoms with Gasteiger partial charge in [-0.15, -0.1) is 11.3 Å². The van der Waals surface area contributed by atoms with Crippen LogP contribution in [0.3, 0.4) is 0 Å². The summed E-state index contributed by atoms with van der Waals surface area (Å²) in [6, 6.07) is 4.12. The summed E-state index contributed by atoms with van der Waals surface area (Å²) in [7, 11) is 0. The number of carboxylic acid groups (broad SMARTS) is 1. The van der Waals surface area contributed by atoms with Gasteiger partial charge < -0.3 is 9.63 Å². The molecule has 0 radical (unpaired) electrons. The Morgan fingerprint density at radius 1 is 1.62 bits per heavy atom. The maximum Gasteiger partial charge on any atom is 0.306 e. The third-order valence-electron chi connectivity index (χ3n) is 3.91. The van der Waals surface area contributed by atoms with Crippen LogP contribution >= 0.6 is 11.3 Å². The third-order valence-corrected chi connectivity index (χ3v) is 4.78. The second kappa shape index (κ2) is 5.95. The van der Waals surface area contributed by atoms with Crippen LogP contribution in [-0.4, -0.2) is 38.7 Å². The predicted molar refractivity (Wildman–Crippen MR) is 77.8 cm³/mol. The standard InChI is InChI=1S/C14H17N3O3S/c1-9-7-10(14(18)19)4-5-17(9)8-12-15-13(16-20-12)11-3-2-6-21-11/h2-3,6,9-10H,4-5,7-8H2,1H3,(H,18,19). The maximum atomic E-state index is 11.0. The lowest BCUT2D eigenvalue weighted by atomic mass is 9.92. The number of hydrogen-bond donors (Lipinski definition) is 1. The number of thiophene rings is 1. The van der Waals surface area contributed by atoms with E-state index in [9.17, 15) is 4.79 Å². The Balaban J connectivity index is 1.63. The Hall–Kier alpha value is -1.73. The van der Waals surface area contributed by atoms with Gasteiger partial charge in [0.1, 0.15) is 0 Å². The molecule has 0 bridgehead atoms. The maximum absolute atomic E-state index is 11.0. The highest BCUT2D eigenvalue weighted by Gasteiger charge is 2.30. The van der Waals surface area contributed by atoms with Crippen LogP contribution in [0.2, 0.25) is 0 Å². The molecule has 2 atom stereocenters. The number of hydrogen-bond acceptors (Lipinski definition) is 6. The molecule has 0 spiro atoms. The predicted octanol–water partition coefficient (Wildman–Crippen LogP) is 2.48. The van der Waals surface area contributed by atoms with Gasteiger partial charge in [0.15, 0.2) is 0 Å². The highest BCUT2D eigenvalue weighted by atomic mass is 32.1. The van der Waals surface area contributed by atoms with Gasteiger partial charge in [-0.05, 0) is 37.8 Å². The number of nitrogens with zero attached hydrogens (tertiary/aromatic N) is 3. The Labute approximate surface area is 126 Å². The minimum Gasteiger partial charge on any atom is -0.481 e. The molecule has 0 aromatic carbocycles. The monoisotopic (exact) mass is 307 g/mol. The first-order valence-electron chi connectivity index (χ1n) is 6.97. The molecule has 0 amide bonds. The zero-order valence-electron chi connectivity index (χ0n) is 11.7. The number of carbonyl (C=O) groups is 1. The van der Waals surface area contributed by atoms with Crippen LogP contribution in [0.4, 0.5) is 0 Å². The normalized spacial score (nSPS) is 23.3. The number of aromatic nitrogens is 2. The summed E-state index contributed by atoms with van der Waals surface area (Å²) in [6.45, 7) is 3.37. The first-order chi connectivity index (χ1) is 10.1. The number of piperidine rings is 1. The molecule has 21 heavy (non-hydrogen) atoms. The average Bonchev–Trinajstić information content (AvgIpc) is 3.11. The van der Waals surface area contributed by atoms with Crippen molar-refractivity contribution in [3.63, 3.8) is 0 Å². The minimum atomic E-state index is -0.695. The van der Waals surface area contributed by atoms with E-state index in [1.54, 1.807) is 11.3 Å². The van der Waals surface area contributed by atoms with Crippen LogP contribution < -0.4 is 0 Å². The van der Waals surface area contributed by atoms with Gasteiger partial charge in [0.05, 0.1) is 17.3 Å². The van der Waals surface area contributed by atoms with Gasteiger partial charge in [-0.2, -0.15) is 4.98 Å². The molecule has 1 N–H and O–H groups in total. The third kappa shape index (κ3) is 3.14. The number of carboxylic acids is 1. The molecular formula is C14H17N3O3S. The largest absolute Gasteiger partial charge is 0.481 e. The van der Waals surface area contributed by atoms with Gasteiger partial charge in [-0.3, -0.25) is 9.69 Å². The molecule has 0 saturated carbocycles. The molecule has 1 fully saturated rings. The lowest BCUT2D eigenvalue weighted by Gasteiger charge is -2.35. The van der Waals surface area contributed by atoms with Crippen molar-refractivity contribution >= 4 is 17.3 Å². The lowest BCUT2D eigenvalue weighted by molar-refractivity contribution is -0.144. The van der Waals surface area contributed by atoms with Crippen molar-refractivity contribution in [2.24, 2.45) is 5.92 Å². The summed E-state index contributed by atoms with van der Waals surface area (Å²) >= 11 is 1.58. The van der Waals surface area contributed by atoms with E-state index in [-0.39, 0.29) is 12.0 Å². The van der Waals surface area contributed by atoms with Crippen LogP contribution in [0.25, 0.3) is 10.7 Å². The quantitative estimate of drug-likeness (QED) is 0.935. The van der Waals surface area contributed by atoms with Crippen molar-refractivity contribution in [3.05, 3.63) is 23.4 Å². The Morgan fingerprint density at radius 3 is 3.14 bits per heavy atom. The summed E-state index contributed by atoms with van der Waals surface area (Å²) in [5.74, 6) is 0.270. The molecular weight excluding hydrogens is 290 g/mol. The minimum absolute atomic E-state index is 0.205. The van der Waals surface area contributed by atoms with E-state index in [0.717, 1.165) is 11.4 Å². The highest BCUT2D eigenvalue weighted by Crippen LogP contribution is 2.25. The van der Waals surface area contributed by atoms with E-state index in [1.807, 2.05) is 24.4 Å². The molecule has 1 aliphatic heterocycles. The number of aliphatic carboxylic acids is 1. The molecule has 3 heterocycles. The molecule has 6 nitrogen and oxygen atoms in total. The summed E-state index contributed by atoms with van der Waals surface area (Å²) in [6.07, 6.45) is 1.34. The fourth-order valence-corrected chi connectivity index (χ4v) is 3.33. The van der Waals surface area contributed by atoms with Crippen LogP contribution in [-0.2, 0) is 11.3 Å². The molecule has 1 saturated heterocycles. The van der Waals surface area contributed by atoms with Crippen molar-refractivity contribution in [3.8, 4) is 10.7 Å². The number of rotatable bonds is 4.